The van der Waals surface area contributed by atoms with Crippen LogP contribution >= 0.6 is 11.8 Å². The van der Waals surface area contributed by atoms with Gasteiger partial charge in [0.05, 0.1) is 13.7 Å². The van der Waals surface area contributed by atoms with Crippen LogP contribution in [0, 0.1) is 12.3 Å². The van der Waals surface area contributed by atoms with E-state index >= 15 is 0 Å². The number of nitrogens with zero attached hydrogens (tertiary/aromatic N) is 1. The predicted octanol–water partition coefficient (Wildman–Crippen LogP) is 2.91. The lowest BCUT2D eigenvalue weighted by Gasteiger charge is -2.12. The van der Waals surface area contributed by atoms with Crippen LogP contribution in [-0.2, 0) is 6.54 Å². The van der Waals surface area contributed by atoms with Gasteiger partial charge < -0.3 is 20.1 Å². The molecule has 0 fully saturated rings. The molecule has 0 atom stereocenters. The number of methoxy groups -OCH3 is 1. The molecule has 0 spiro atoms. The van der Waals surface area contributed by atoms with E-state index in [1.165, 1.54) is 12.2 Å². The first-order valence-electron chi connectivity index (χ1n) is 8.49. The maximum Gasteiger partial charge on any atom is 0.191 e. The first-order chi connectivity index (χ1) is 12.2. The lowest BCUT2D eigenvalue weighted by Crippen LogP contribution is -2.37. The third kappa shape index (κ3) is 8.59. The van der Waals surface area contributed by atoms with Gasteiger partial charge in [-0.3, -0.25) is 0 Å². The molecule has 138 valence electrons. The second-order valence-electron chi connectivity index (χ2n) is 5.30. The smallest absolute Gasteiger partial charge is 0.191 e. The Hall–Kier alpha value is -2.00. The van der Waals surface area contributed by atoms with Crippen molar-refractivity contribution in [1.82, 2.24) is 10.6 Å². The van der Waals surface area contributed by atoms with Gasteiger partial charge in [-0.2, -0.15) is 11.8 Å². The molecule has 6 heteroatoms. The molecule has 0 aromatic heterocycles. The summed E-state index contributed by atoms with van der Waals surface area (Å²) in [5.74, 6) is 5.80. The second kappa shape index (κ2) is 13.3. The van der Waals surface area contributed by atoms with Crippen LogP contribution in [-0.4, -0.2) is 44.8 Å². The highest BCUT2D eigenvalue weighted by Gasteiger charge is 2.06. The number of unbranched alkanes of at least 4 members (excludes halogenated alkanes) is 1. The van der Waals surface area contributed by atoms with Crippen LogP contribution in [0.2, 0.25) is 0 Å². The molecular weight excluding hydrogens is 334 g/mol. The van der Waals surface area contributed by atoms with Gasteiger partial charge in [-0.15, -0.1) is 6.42 Å². The highest BCUT2D eigenvalue weighted by atomic mass is 32.2. The normalized spacial score (nSPS) is 10.9. The van der Waals surface area contributed by atoms with Crippen LogP contribution < -0.4 is 20.1 Å². The van der Waals surface area contributed by atoms with Crippen molar-refractivity contribution in [2.45, 2.75) is 26.3 Å². The number of thioether (sulfide) groups is 1. The van der Waals surface area contributed by atoms with E-state index in [9.17, 15) is 0 Å². The maximum atomic E-state index is 5.53. The van der Waals surface area contributed by atoms with E-state index in [1.54, 1.807) is 7.11 Å². The van der Waals surface area contributed by atoms with Gasteiger partial charge in [0, 0.05) is 13.1 Å². The van der Waals surface area contributed by atoms with Crippen LogP contribution in [0.4, 0.5) is 0 Å². The lowest BCUT2D eigenvalue weighted by atomic mass is 10.2. The number of aliphatic imine (C=N–C) groups is 1. The lowest BCUT2D eigenvalue weighted by molar-refractivity contribution is 0.330. The molecule has 5 nitrogen and oxygen atoms in total. The number of nitrogens with one attached hydrogen (secondary N) is 2. The average Bonchev–Trinajstić information content (AvgIpc) is 2.64. The Labute approximate surface area is 156 Å². The summed E-state index contributed by atoms with van der Waals surface area (Å²) in [6.45, 7) is 4.57. The van der Waals surface area contributed by atoms with Crippen molar-refractivity contribution >= 4 is 17.7 Å². The molecule has 1 aromatic carbocycles. The molecule has 0 bridgehead atoms. The zero-order valence-corrected chi connectivity index (χ0v) is 16.2. The molecule has 1 rings (SSSR count). The van der Waals surface area contributed by atoms with Gasteiger partial charge in [0.1, 0.15) is 6.61 Å². The minimum atomic E-state index is 0.212. The number of rotatable bonds is 11. The van der Waals surface area contributed by atoms with Crippen molar-refractivity contribution in [3.8, 4) is 23.8 Å². The molecule has 0 aliphatic rings. The van der Waals surface area contributed by atoms with Gasteiger partial charge in [-0.25, -0.2) is 4.99 Å². The average molecular weight is 364 g/mol. The van der Waals surface area contributed by atoms with E-state index < -0.39 is 0 Å². The minimum absolute atomic E-state index is 0.212. The quantitative estimate of drug-likeness (QED) is 0.274. The fraction of sp³-hybridized carbons (Fsp3) is 0.526. The zero-order chi connectivity index (χ0) is 18.3. The molecule has 0 saturated heterocycles. The van der Waals surface area contributed by atoms with E-state index in [1.807, 2.05) is 30.0 Å². The van der Waals surface area contributed by atoms with Crippen LogP contribution in [0.15, 0.2) is 23.2 Å². The highest BCUT2D eigenvalue weighted by Crippen LogP contribution is 2.28. The SMILES string of the molecule is C#CCOc1cc(CN=C(NCC)NCCCCSC)ccc1OC. The summed E-state index contributed by atoms with van der Waals surface area (Å²) in [6.07, 6.45) is 9.74. The topological polar surface area (TPSA) is 54.9 Å². The van der Waals surface area contributed by atoms with Crippen molar-refractivity contribution < 1.29 is 9.47 Å². The number of ether oxygens (including phenoxy) is 2. The van der Waals surface area contributed by atoms with Crippen molar-refractivity contribution in [3.63, 3.8) is 0 Å². The van der Waals surface area contributed by atoms with E-state index in [-0.39, 0.29) is 6.61 Å². The fourth-order valence-corrected chi connectivity index (χ4v) is 2.63. The molecule has 0 radical (unpaired) electrons. The van der Waals surface area contributed by atoms with Crippen LogP contribution in [0.1, 0.15) is 25.3 Å². The Morgan fingerprint density at radius 2 is 2.12 bits per heavy atom. The Morgan fingerprint density at radius 3 is 2.80 bits per heavy atom. The third-order valence-corrected chi connectivity index (χ3v) is 4.07. The number of terminal acetylenes is 1. The van der Waals surface area contributed by atoms with Crippen molar-refractivity contribution in [3.05, 3.63) is 23.8 Å². The van der Waals surface area contributed by atoms with Crippen molar-refractivity contribution in [1.29, 1.82) is 0 Å². The third-order valence-electron chi connectivity index (χ3n) is 3.37. The molecule has 25 heavy (non-hydrogen) atoms. The predicted molar refractivity (Wildman–Crippen MR) is 108 cm³/mol. The Balaban J connectivity index is 2.66. The standard InChI is InChI=1S/C19H29N3O2S/c1-5-12-24-18-14-16(9-10-17(18)23-3)15-22-19(20-6-2)21-11-7-8-13-25-4/h1,9-10,14H,6-8,11-13,15H2,2-4H3,(H2,20,21,22). The molecule has 0 amide bonds. The van der Waals surface area contributed by atoms with Gasteiger partial charge >= 0.3 is 0 Å². The summed E-state index contributed by atoms with van der Waals surface area (Å²) in [4.78, 5) is 4.63. The first kappa shape index (κ1) is 21.0. The Kier molecular flexibility index (Phi) is 11.2. The van der Waals surface area contributed by atoms with E-state index in [2.05, 4.69) is 34.7 Å². The monoisotopic (exact) mass is 363 g/mol. The molecule has 0 aliphatic heterocycles. The summed E-state index contributed by atoms with van der Waals surface area (Å²) in [6, 6.07) is 5.77. The maximum absolute atomic E-state index is 5.53. The molecule has 2 N–H and O–H groups in total. The fourth-order valence-electron chi connectivity index (χ4n) is 2.14. The molecule has 0 heterocycles. The molecule has 1 aromatic rings. The van der Waals surface area contributed by atoms with Gasteiger partial charge in [-0.05, 0) is 49.5 Å². The van der Waals surface area contributed by atoms with E-state index in [0.717, 1.165) is 31.0 Å². The number of guanidine groups is 1. The molecule has 0 saturated carbocycles. The van der Waals surface area contributed by atoms with E-state index in [0.29, 0.717) is 18.0 Å². The largest absolute Gasteiger partial charge is 0.493 e. The van der Waals surface area contributed by atoms with Gasteiger partial charge in [-0.1, -0.05) is 12.0 Å². The van der Waals surface area contributed by atoms with Gasteiger partial charge in [0.15, 0.2) is 17.5 Å². The summed E-state index contributed by atoms with van der Waals surface area (Å²) in [5, 5.41) is 6.63. The van der Waals surface area contributed by atoms with Crippen LogP contribution in [0.3, 0.4) is 0 Å². The van der Waals surface area contributed by atoms with Gasteiger partial charge in [0.25, 0.3) is 0 Å². The summed E-state index contributed by atoms with van der Waals surface area (Å²) in [7, 11) is 1.61. The Morgan fingerprint density at radius 1 is 1.28 bits per heavy atom. The minimum Gasteiger partial charge on any atom is -0.493 e. The number of hydrogen-bond donors (Lipinski definition) is 2. The van der Waals surface area contributed by atoms with Crippen LogP contribution in [0.5, 0.6) is 11.5 Å². The molecular formula is C19H29N3O2S. The zero-order valence-electron chi connectivity index (χ0n) is 15.4. The number of hydrogen-bond acceptors (Lipinski definition) is 4. The summed E-state index contributed by atoms with van der Waals surface area (Å²) < 4.78 is 10.8. The Bertz CT molecular complexity index is 570. The second-order valence-corrected chi connectivity index (χ2v) is 6.29. The van der Waals surface area contributed by atoms with Crippen molar-refractivity contribution in [2.24, 2.45) is 4.99 Å². The summed E-state index contributed by atoms with van der Waals surface area (Å²) >= 11 is 1.88. The molecule has 0 unspecified atom stereocenters. The van der Waals surface area contributed by atoms with Crippen molar-refractivity contribution in [2.75, 3.05) is 38.8 Å². The van der Waals surface area contributed by atoms with E-state index in [4.69, 9.17) is 15.9 Å². The van der Waals surface area contributed by atoms with Gasteiger partial charge in [0.2, 0.25) is 0 Å². The molecule has 0 aliphatic carbocycles. The number of benzene rings is 1. The summed E-state index contributed by atoms with van der Waals surface area (Å²) in [5.41, 5.74) is 1.03. The van der Waals surface area contributed by atoms with Crippen LogP contribution in [0.25, 0.3) is 0 Å². The highest BCUT2D eigenvalue weighted by molar-refractivity contribution is 7.98. The first-order valence-corrected chi connectivity index (χ1v) is 9.88.